The molecule has 1 atom stereocenters. The van der Waals surface area contributed by atoms with E-state index in [1.54, 1.807) is 30.3 Å². The maximum absolute atomic E-state index is 13.1. The molecule has 1 fully saturated rings. The van der Waals surface area contributed by atoms with Gasteiger partial charge in [-0.25, -0.2) is 0 Å². The van der Waals surface area contributed by atoms with Crippen LogP contribution in [0.15, 0.2) is 54.6 Å². The zero-order valence-corrected chi connectivity index (χ0v) is 19.1. The van der Waals surface area contributed by atoms with Crippen LogP contribution >= 0.6 is 7.60 Å². The highest BCUT2D eigenvalue weighted by molar-refractivity contribution is 7.51. The Balaban J connectivity index is 1.64. The van der Waals surface area contributed by atoms with E-state index < -0.39 is 43.4 Å². The molecule has 2 aromatic rings. The molecule has 34 heavy (non-hydrogen) atoms. The normalized spacial score (nSPS) is 16.2. The fourth-order valence-electron chi connectivity index (χ4n) is 3.98. The fraction of sp³-hybridized carbons (Fsp3) is 0.391. The number of hydrogen-bond donors (Lipinski definition) is 3. The van der Waals surface area contributed by atoms with E-state index in [2.05, 4.69) is 5.32 Å². The number of amides is 2. The first-order valence-corrected chi connectivity index (χ1v) is 12.6. The van der Waals surface area contributed by atoms with Crippen LogP contribution in [-0.4, -0.2) is 51.8 Å². The van der Waals surface area contributed by atoms with Crippen LogP contribution in [0.3, 0.4) is 0 Å². The van der Waals surface area contributed by atoms with Crippen molar-refractivity contribution < 1.29 is 37.1 Å². The molecule has 3 N–H and O–H groups in total. The zero-order chi connectivity index (χ0) is 24.9. The Kier molecular flexibility index (Phi) is 8.17. The van der Waals surface area contributed by atoms with E-state index in [0.29, 0.717) is 31.5 Å². The fourth-order valence-corrected chi connectivity index (χ4v) is 4.58. The van der Waals surface area contributed by atoms with Crippen LogP contribution in [0.5, 0.6) is 0 Å². The molecule has 0 spiro atoms. The lowest BCUT2D eigenvalue weighted by atomic mass is 9.88. The molecule has 1 aliphatic rings. The molecule has 7 nitrogen and oxygen atoms in total. The molecule has 0 aromatic heterocycles. The lowest BCUT2D eigenvalue weighted by molar-refractivity contribution is -0.137. The van der Waals surface area contributed by atoms with Gasteiger partial charge in [-0.2, -0.15) is 13.2 Å². The largest absolute Gasteiger partial charge is 0.416 e. The Labute approximate surface area is 195 Å². The van der Waals surface area contributed by atoms with Crippen LogP contribution in [-0.2, 0) is 15.5 Å². The molecule has 3 rings (SSSR count). The molecular formula is C23H26F3N2O5P. The van der Waals surface area contributed by atoms with Crippen molar-refractivity contribution >= 4 is 19.4 Å². The molecule has 1 heterocycles. The van der Waals surface area contributed by atoms with Gasteiger partial charge in [0.1, 0.15) is 6.04 Å². The second-order valence-electron chi connectivity index (χ2n) is 8.29. The summed E-state index contributed by atoms with van der Waals surface area (Å²) in [4.78, 5) is 45.7. The highest BCUT2D eigenvalue weighted by atomic mass is 31.2. The molecule has 1 aliphatic heterocycles. The molecule has 11 heteroatoms. The highest BCUT2D eigenvalue weighted by Crippen LogP contribution is 2.36. The summed E-state index contributed by atoms with van der Waals surface area (Å²) in [7, 11) is -4.38. The summed E-state index contributed by atoms with van der Waals surface area (Å²) in [5.41, 5.74) is 0.360. The first kappa shape index (κ1) is 25.9. The lowest BCUT2D eigenvalue weighted by Crippen LogP contribution is -2.51. The molecule has 0 radical (unpaired) electrons. The molecule has 2 amide bonds. The minimum absolute atomic E-state index is 0.0150. The van der Waals surface area contributed by atoms with Crippen molar-refractivity contribution in [2.45, 2.75) is 37.4 Å². The third-order valence-corrected chi connectivity index (χ3v) is 6.71. The summed E-state index contributed by atoms with van der Waals surface area (Å²) in [5, 5.41) is 2.59. The predicted octanol–water partition coefficient (Wildman–Crippen LogP) is 3.78. The summed E-state index contributed by atoms with van der Waals surface area (Å²) in [5.74, 6) is -0.980. The number of carbonyl (C=O) groups is 2. The number of piperidine rings is 1. The molecule has 1 saturated heterocycles. The van der Waals surface area contributed by atoms with E-state index in [4.69, 9.17) is 0 Å². The van der Waals surface area contributed by atoms with Crippen LogP contribution in [0.25, 0.3) is 0 Å². The molecule has 0 saturated carbocycles. The van der Waals surface area contributed by atoms with Gasteiger partial charge in [-0.05, 0) is 55.0 Å². The van der Waals surface area contributed by atoms with Gasteiger partial charge >= 0.3 is 13.8 Å². The number of nitrogens with zero attached hydrogens (tertiary/aromatic N) is 1. The van der Waals surface area contributed by atoms with Gasteiger partial charge in [-0.3, -0.25) is 14.2 Å². The van der Waals surface area contributed by atoms with E-state index in [1.807, 2.05) is 0 Å². The van der Waals surface area contributed by atoms with Crippen molar-refractivity contribution in [3.63, 3.8) is 0 Å². The van der Waals surface area contributed by atoms with Crippen molar-refractivity contribution in [1.82, 2.24) is 10.2 Å². The monoisotopic (exact) mass is 498 g/mol. The maximum Gasteiger partial charge on any atom is 0.416 e. The smallest absolute Gasteiger partial charge is 0.341 e. The number of carbonyl (C=O) groups excluding carboxylic acids is 2. The number of halogens is 3. The van der Waals surface area contributed by atoms with Gasteiger partial charge in [-0.15, -0.1) is 0 Å². The van der Waals surface area contributed by atoms with Crippen molar-refractivity contribution in [3.8, 4) is 0 Å². The van der Waals surface area contributed by atoms with Crippen LogP contribution in [0, 0.1) is 0 Å². The Morgan fingerprint density at radius 2 is 1.62 bits per heavy atom. The number of alkyl halides is 3. The van der Waals surface area contributed by atoms with Crippen molar-refractivity contribution in [2.24, 2.45) is 0 Å². The summed E-state index contributed by atoms with van der Waals surface area (Å²) in [6, 6.07) is 12.1. The van der Waals surface area contributed by atoms with Gasteiger partial charge in [-0.1, -0.05) is 30.3 Å². The quantitative estimate of drug-likeness (QED) is 0.504. The molecule has 184 valence electrons. The number of hydrogen-bond acceptors (Lipinski definition) is 3. The molecule has 0 aliphatic carbocycles. The average Bonchev–Trinajstić information content (AvgIpc) is 2.81. The highest BCUT2D eigenvalue weighted by Gasteiger charge is 2.33. The van der Waals surface area contributed by atoms with Gasteiger partial charge < -0.3 is 20.0 Å². The van der Waals surface area contributed by atoms with Crippen LogP contribution < -0.4 is 5.32 Å². The standard InChI is InChI=1S/C23H26F3N2O5P/c24-23(25,26)19-8-6-16(7-9-19)17-10-13-28(14-11-17)22(30)20(12-15-34(31,32)33)27-21(29)18-4-2-1-3-5-18/h1-9,17,20H,10-15H2,(H,27,29)(H2,31,32,33)/t20-/m0/s1. The molecule has 0 bridgehead atoms. The number of likely N-dealkylation sites (tertiary alicyclic amines) is 1. The number of nitrogens with one attached hydrogen (secondary N) is 1. The van der Waals surface area contributed by atoms with Crippen LogP contribution in [0.4, 0.5) is 13.2 Å². The molecular weight excluding hydrogens is 472 g/mol. The van der Waals surface area contributed by atoms with Gasteiger partial charge in [0, 0.05) is 18.7 Å². The van der Waals surface area contributed by atoms with Crippen molar-refractivity contribution in [1.29, 1.82) is 0 Å². The third-order valence-electron chi connectivity index (χ3n) is 5.86. The topological polar surface area (TPSA) is 107 Å². The molecule has 2 aromatic carbocycles. The minimum Gasteiger partial charge on any atom is -0.341 e. The Morgan fingerprint density at radius 1 is 1.03 bits per heavy atom. The van der Waals surface area contributed by atoms with Crippen LogP contribution in [0.2, 0.25) is 0 Å². The van der Waals surface area contributed by atoms with Crippen LogP contribution in [0.1, 0.15) is 46.7 Å². The van der Waals surface area contributed by atoms with Gasteiger partial charge in [0.25, 0.3) is 5.91 Å². The van der Waals surface area contributed by atoms with Gasteiger partial charge in [0.2, 0.25) is 5.91 Å². The third kappa shape index (κ3) is 7.16. The van der Waals surface area contributed by atoms with E-state index in [-0.39, 0.29) is 12.3 Å². The predicted molar refractivity (Wildman–Crippen MR) is 119 cm³/mol. The Bertz CT molecular complexity index is 1030. The number of benzene rings is 2. The SMILES string of the molecule is O=C(N[C@@H](CCP(=O)(O)O)C(=O)N1CCC(c2ccc(C(F)(F)F)cc2)CC1)c1ccccc1. The first-order valence-electron chi connectivity index (χ1n) is 10.8. The maximum atomic E-state index is 13.1. The molecule has 0 unspecified atom stereocenters. The summed E-state index contributed by atoms with van der Waals surface area (Å²) in [6.45, 7) is 0.635. The van der Waals surface area contributed by atoms with E-state index in [0.717, 1.165) is 17.7 Å². The van der Waals surface area contributed by atoms with E-state index in [1.165, 1.54) is 17.0 Å². The Morgan fingerprint density at radius 3 is 2.15 bits per heavy atom. The summed E-state index contributed by atoms with van der Waals surface area (Å²) in [6.07, 6.45) is -4.13. The summed E-state index contributed by atoms with van der Waals surface area (Å²) < 4.78 is 49.7. The first-order chi connectivity index (χ1) is 15.9. The second-order valence-corrected chi connectivity index (χ2v) is 10.1. The minimum atomic E-state index is -4.40. The van der Waals surface area contributed by atoms with Gasteiger partial charge in [0.15, 0.2) is 0 Å². The lowest BCUT2D eigenvalue weighted by Gasteiger charge is -2.34. The van der Waals surface area contributed by atoms with E-state index >= 15 is 0 Å². The van der Waals surface area contributed by atoms with E-state index in [9.17, 15) is 37.1 Å². The second kappa shape index (κ2) is 10.7. The number of rotatable bonds is 7. The van der Waals surface area contributed by atoms with Gasteiger partial charge in [0.05, 0.1) is 11.7 Å². The Hall–Kier alpha value is -2.68. The average molecular weight is 498 g/mol. The van der Waals surface area contributed by atoms with Crippen molar-refractivity contribution in [3.05, 3.63) is 71.3 Å². The summed E-state index contributed by atoms with van der Waals surface area (Å²) >= 11 is 0. The zero-order valence-electron chi connectivity index (χ0n) is 18.2. The van der Waals surface area contributed by atoms with Crippen molar-refractivity contribution in [2.75, 3.05) is 19.3 Å².